The number of hydrogen-bond donors (Lipinski definition) is 0. The van der Waals surface area contributed by atoms with E-state index in [2.05, 4.69) is 10.2 Å². The monoisotopic (exact) mass is 395 g/mol. The van der Waals surface area contributed by atoms with Crippen molar-refractivity contribution in [2.45, 2.75) is 17.1 Å². The largest absolute Gasteiger partial charge is 0.495 e. The minimum atomic E-state index is -4.35. The molecule has 3 rings (SSSR count). The summed E-state index contributed by atoms with van der Waals surface area (Å²) in [5.74, 6) is 1.46. The number of para-hydroxylation sites is 2. The van der Waals surface area contributed by atoms with Crippen molar-refractivity contribution in [1.82, 2.24) is 14.8 Å². The number of hydrogen-bond acceptors (Lipinski definition) is 5. The van der Waals surface area contributed by atoms with Crippen molar-refractivity contribution in [3.63, 3.8) is 0 Å². The fraction of sp³-hybridized carbons (Fsp3) is 0.222. The molecular weight excluding hydrogens is 379 g/mol. The molecule has 0 bridgehead atoms. The minimum absolute atomic E-state index is 0.179. The first-order valence-corrected chi connectivity index (χ1v) is 8.89. The van der Waals surface area contributed by atoms with Gasteiger partial charge in [0.05, 0.1) is 12.8 Å². The number of ether oxygens (including phenoxy) is 2. The molecule has 0 aliphatic carbocycles. The molecule has 0 unspecified atom stereocenters. The Labute approximate surface area is 158 Å². The molecule has 9 heteroatoms. The lowest BCUT2D eigenvalue weighted by Crippen LogP contribution is -2.19. The molecule has 27 heavy (non-hydrogen) atoms. The predicted octanol–water partition coefficient (Wildman–Crippen LogP) is 4.51. The highest BCUT2D eigenvalue weighted by molar-refractivity contribution is 7.98. The van der Waals surface area contributed by atoms with E-state index in [-0.39, 0.29) is 5.75 Å². The number of rotatable bonds is 7. The minimum Gasteiger partial charge on any atom is -0.495 e. The summed E-state index contributed by atoms with van der Waals surface area (Å²) >= 11 is 1.46. The number of methoxy groups -OCH3 is 1. The lowest BCUT2D eigenvalue weighted by molar-refractivity contribution is -0.153. The molecule has 0 fully saturated rings. The van der Waals surface area contributed by atoms with Crippen LogP contribution in [0.3, 0.4) is 0 Å². The zero-order chi connectivity index (χ0) is 19.3. The molecule has 142 valence electrons. The van der Waals surface area contributed by atoms with Gasteiger partial charge in [-0.25, -0.2) is 0 Å². The quantitative estimate of drug-likeness (QED) is 0.551. The Hall–Kier alpha value is -2.68. The number of thioether (sulfide) groups is 1. The second kappa shape index (κ2) is 8.34. The van der Waals surface area contributed by atoms with Gasteiger partial charge in [0, 0.05) is 5.75 Å². The van der Waals surface area contributed by atoms with Gasteiger partial charge >= 0.3 is 6.18 Å². The van der Waals surface area contributed by atoms with E-state index in [9.17, 15) is 13.2 Å². The molecule has 0 saturated carbocycles. The van der Waals surface area contributed by atoms with Crippen molar-refractivity contribution in [3.05, 3.63) is 60.4 Å². The fourth-order valence-electron chi connectivity index (χ4n) is 2.31. The first kappa shape index (κ1) is 19.1. The van der Waals surface area contributed by atoms with Crippen molar-refractivity contribution in [1.29, 1.82) is 0 Å². The third-order valence-corrected chi connectivity index (χ3v) is 4.57. The molecule has 0 saturated heterocycles. The SMILES string of the molecule is COc1ccccc1-n1cnnc1SCc1ccc(OCC(F)(F)F)cc1. The summed E-state index contributed by atoms with van der Waals surface area (Å²) in [6.07, 6.45) is -2.74. The molecule has 0 atom stereocenters. The number of halogens is 3. The Morgan fingerprint density at radius 1 is 1.07 bits per heavy atom. The van der Waals surface area contributed by atoms with E-state index < -0.39 is 12.8 Å². The molecule has 0 aliphatic heterocycles. The first-order chi connectivity index (χ1) is 13.0. The van der Waals surface area contributed by atoms with Gasteiger partial charge in [-0.3, -0.25) is 4.57 Å². The molecule has 1 heterocycles. The maximum absolute atomic E-state index is 12.2. The van der Waals surface area contributed by atoms with E-state index in [0.717, 1.165) is 11.3 Å². The summed E-state index contributed by atoms with van der Waals surface area (Å²) in [5.41, 5.74) is 1.75. The molecule has 0 amide bonds. The van der Waals surface area contributed by atoms with Crippen LogP contribution >= 0.6 is 11.8 Å². The van der Waals surface area contributed by atoms with E-state index in [4.69, 9.17) is 9.47 Å². The van der Waals surface area contributed by atoms with Gasteiger partial charge in [0.1, 0.15) is 17.8 Å². The summed E-state index contributed by atoms with van der Waals surface area (Å²) < 4.78 is 48.4. The Kier molecular flexibility index (Phi) is 5.90. The van der Waals surface area contributed by atoms with Gasteiger partial charge in [0.2, 0.25) is 0 Å². The molecule has 5 nitrogen and oxygen atoms in total. The fourth-order valence-corrected chi connectivity index (χ4v) is 3.19. The molecule has 0 radical (unpaired) electrons. The van der Waals surface area contributed by atoms with Crippen molar-refractivity contribution in [2.24, 2.45) is 0 Å². The van der Waals surface area contributed by atoms with Gasteiger partial charge in [-0.1, -0.05) is 36.0 Å². The number of alkyl halides is 3. The van der Waals surface area contributed by atoms with E-state index in [1.807, 2.05) is 28.8 Å². The van der Waals surface area contributed by atoms with Crippen LogP contribution in [0.2, 0.25) is 0 Å². The predicted molar refractivity (Wildman–Crippen MR) is 95.5 cm³/mol. The Morgan fingerprint density at radius 2 is 1.81 bits per heavy atom. The van der Waals surface area contributed by atoms with Crippen LogP contribution in [0.4, 0.5) is 13.2 Å². The van der Waals surface area contributed by atoms with Gasteiger partial charge in [0.25, 0.3) is 0 Å². The van der Waals surface area contributed by atoms with Crippen LogP contribution in [0.25, 0.3) is 5.69 Å². The van der Waals surface area contributed by atoms with E-state index >= 15 is 0 Å². The van der Waals surface area contributed by atoms with Gasteiger partial charge in [-0.15, -0.1) is 10.2 Å². The average Bonchev–Trinajstić information content (AvgIpc) is 3.13. The van der Waals surface area contributed by atoms with Gasteiger partial charge < -0.3 is 9.47 Å². The smallest absolute Gasteiger partial charge is 0.422 e. The summed E-state index contributed by atoms with van der Waals surface area (Å²) in [7, 11) is 1.60. The van der Waals surface area contributed by atoms with Crippen LogP contribution in [-0.4, -0.2) is 34.7 Å². The van der Waals surface area contributed by atoms with Crippen LogP contribution in [0.15, 0.2) is 60.0 Å². The van der Waals surface area contributed by atoms with Crippen molar-refractivity contribution >= 4 is 11.8 Å². The molecular formula is C18H16F3N3O2S. The highest BCUT2D eigenvalue weighted by Crippen LogP contribution is 2.28. The van der Waals surface area contributed by atoms with Crippen LogP contribution in [0, 0.1) is 0 Å². The summed E-state index contributed by atoms with van der Waals surface area (Å²) in [5, 5.41) is 8.76. The Morgan fingerprint density at radius 3 is 2.52 bits per heavy atom. The maximum atomic E-state index is 12.2. The molecule has 3 aromatic rings. The Balaban J connectivity index is 1.65. The molecule has 0 aliphatic rings. The third kappa shape index (κ3) is 5.16. The average molecular weight is 395 g/mol. The van der Waals surface area contributed by atoms with E-state index in [1.165, 1.54) is 23.9 Å². The van der Waals surface area contributed by atoms with Crippen molar-refractivity contribution in [2.75, 3.05) is 13.7 Å². The molecule has 2 aromatic carbocycles. The molecule has 0 spiro atoms. The van der Waals surface area contributed by atoms with E-state index in [0.29, 0.717) is 16.7 Å². The van der Waals surface area contributed by atoms with Gasteiger partial charge in [-0.2, -0.15) is 13.2 Å². The van der Waals surface area contributed by atoms with Crippen LogP contribution in [-0.2, 0) is 5.75 Å². The summed E-state index contributed by atoms with van der Waals surface area (Å²) in [6, 6.07) is 14.0. The maximum Gasteiger partial charge on any atom is 0.422 e. The Bertz CT molecular complexity index is 882. The van der Waals surface area contributed by atoms with Gasteiger partial charge in [-0.05, 0) is 29.8 Å². The second-order valence-corrected chi connectivity index (χ2v) is 6.43. The van der Waals surface area contributed by atoms with Crippen LogP contribution in [0.5, 0.6) is 11.5 Å². The van der Waals surface area contributed by atoms with E-state index in [1.54, 1.807) is 25.6 Å². The van der Waals surface area contributed by atoms with Gasteiger partial charge in [0.15, 0.2) is 11.8 Å². The highest BCUT2D eigenvalue weighted by atomic mass is 32.2. The summed E-state index contributed by atoms with van der Waals surface area (Å²) in [4.78, 5) is 0. The van der Waals surface area contributed by atoms with Crippen molar-refractivity contribution in [3.8, 4) is 17.2 Å². The zero-order valence-electron chi connectivity index (χ0n) is 14.3. The number of nitrogens with zero attached hydrogens (tertiary/aromatic N) is 3. The molecule has 1 aromatic heterocycles. The van der Waals surface area contributed by atoms with Crippen LogP contribution in [0.1, 0.15) is 5.56 Å². The molecule has 0 N–H and O–H groups in total. The normalized spacial score (nSPS) is 11.4. The topological polar surface area (TPSA) is 49.2 Å². The van der Waals surface area contributed by atoms with Crippen molar-refractivity contribution < 1.29 is 22.6 Å². The highest BCUT2D eigenvalue weighted by Gasteiger charge is 2.28. The lowest BCUT2D eigenvalue weighted by Gasteiger charge is -2.11. The first-order valence-electron chi connectivity index (χ1n) is 7.91. The standard InChI is InChI=1S/C18H16F3N3O2S/c1-25-16-5-3-2-4-15(16)24-12-22-23-17(24)27-10-13-6-8-14(9-7-13)26-11-18(19,20)21/h2-9,12H,10-11H2,1H3. The number of aromatic nitrogens is 3. The summed E-state index contributed by atoms with van der Waals surface area (Å²) in [6.45, 7) is -1.30. The zero-order valence-corrected chi connectivity index (χ0v) is 15.1. The third-order valence-electron chi connectivity index (χ3n) is 3.55. The van der Waals surface area contributed by atoms with Crippen LogP contribution < -0.4 is 9.47 Å². The lowest BCUT2D eigenvalue weighted by atomic mass is 10.2. The number of benzene rings is 2. The second-order valence-electron chi connectivity index (χ2n) is 5.49.